The average Bonchev–Trinajstić information content (AvgIpc) is 2.78. The second-order valence-electron chi connectivity index (χ2n) is 6.62. The van der Waals surface area contributed by atoms with Gasteiger partial charge < -0.3 is 5.32 Å². The normalized spacial score (nSPS) is 11.8. The number of carbonyl (C=O) groups excluding carboxylic acids is 1. The van der Waals surface area contributed by atoms with Crippen molar-refractivity contribution in [2.45, 2.75) is 16.0 Å². The molecule has 0 saturated heterocycles. The molecule has 0 spiro atoms. The highest BCUT2D eigenvalue weighted by Crippen LogP contribution is 2.33. The summed E-state index contributed by atoms with van der Waals surface area (Å²) in [6.45, 7) is -0.707. The molecule has 0 fully saturated rings. The van der Waals surface area contributed by atoms with Crippen LogP contribution >= 0.6 is 11.8 Å². The van der Waals surface area contributed by atoms with Gasteiger partial charge in [0.15, 0.2) is 0 Å². The van der Waals surface area contributed by atoms with E-state index in [0.717, 1.165) is 17.0 Å². The Kier molecular flexibility index (Phi) is 7.15. The van der Waals surface area contributed by atoms with Gasteiger partial charge in [-0.15, -0.1) is 11.8 Å². The number of benzene rings is 3. The van der Waals surface area contributed by atoms with Crippen molar-refractivity contribution in [2.75, 3.05) is 22.4 Å². The average molecular weight is 481 g/mol. The van der Waals surface area contributed by atoms with Gasteiger partial charge in [0.05, 0.1) is 21.8 Å². The van der Waals surface area contributed by atoms with Crippen LogP contribution in [-0.2, 0) is 21.0 Å². The van der Waals surface area contributed by atoms with E-state index in [-0.39, 0.29) is 10.6 Å². The molecule has 0 radical (unpaired) electrons. The van der Waals surface area contributed by atoms with Gasteiger partial charge in [0.25, 0.3) is 10.0 Å². The van der Waals surface area contributed by atoms with E-state index in [2.05, 4.69) is 5.32 Å². The van der Waals surface area contributed by atoms with Gasteiger partial charge in [0, 0.05) is 4.90 Å². The summed E-state index contributed by atoms with van der Waals surface area (Å²) >= 11 is 1.39. The number of amides is 1. The van der Waals surface area contributed by atoms with Gasteiger partial charge in [0.2, 0.25) is 5.91 Å². The van der Waals surface area contributed by atoms with E-state index in [4.69, 9.17) is 0 Å². The molecule has 168 valence electrons. The fourth-order valence-corrected chi connectivity index (χ4v) is 4.93. The van der Waals surface area contributed by atoms with Gasteiger partial charge in [-0.3, -0.25) is 9.10 Å². The molecule has 3 aromatic carbocycles. The van der Waals surface area contributed by atoms with E-state index in [0.29, 0.717) is 16.1 Å². The van der Waals surface area contributed by atoms with Crippen LogP contribution in [0.25, 0.3) is 0 Å². The topological polar surface area (TPSA) is 66.5 Å². The Morgan fingerprint density at radius 3 is 2.28 bits per heavy atom. The number of hydrogen-bond donors (Lipinski definition) is 1. The van der Waals surface area contributed by atoms with E-state index in [1.54, 1.807) is 30.3 Å². The lowest BCUT2D eigenvalue weighted by molar-refractivity contribution is -0.137. The summed E-state index contributed by atoms with van der Waals surface area (Å²) in [7, 11) is -4.32. The molecule has 0 aliphatic rings. The fraction of sp³-hybridized carbons (Fsp3) is 0.136. The zero-order valence-electron chi connectivity index (χ0n) is 16.8. The van der Waals surface area contributed by atoms with Crippen LogP contribution in [0.1, 0.15) is 5.56 Å². The van der Waals surface area contributed by atoms with Gasteiger partial charge in [-0.25, -0.2) is 8.42 Å². The summed E-state index contributed by atoms with van der Waals surface area (Å²) in [4.78, 5) is 13.4. The third kappa shape index (κ3) is 5.43. The summed E-state index contributed by atoms with van der Waals surface area (Å²) in [6, 6.07) is 18.0. The molecular formula is C22H19F3N2O3S2. The molecule has 5 nitrogen and oxygen atoms in total. The maximum Gasteiger partial charge on any atom is 0.416 e. The molecule has 0 unspecified atom stereocenters. The van der Waals surface area contributed by atoms with Gasteiger partial charge in [-0.05, 0) is 48.7 Å². The van der Waals surface area contributed by atoms with Crippen molar-refractivity contribution in [1.29, 1.82) is 0 Å². The van der Waals surface area contributed by atoms with Crippen LogP contribution < -0.4 is 9.62 Å². The van der Waals surface area contributed by atoms with E-state index < -0.39 is 34.2 Å². The van der Waals surface area contributed by atoms with Gasteiger partial charge in [0.1, 0.15) is 6.54 Å². The van der Waals surface area contributed by atoms with Crippen molar-refractivity contribution in [1.82, 2.24) is 0 Å². The van der Waals surface area contributed by atoms with Crippen molar-refractivity contribution in [3.63, 3.8) is 0 Å². The predicted molar refractivity (Wildman–Crippen MR) is 119 cm³/mol. The van der Waals surface area contributed by atoms with Gasteiger partial charge in [-0.1, -0.05) is 36.4 Å². The Hall–Kier alpha value is -2.98. The smallest absolute Gasteiger partial charge is 0.323 e. The summed E-state index contributed by atoms with van der Waals surface area (Å²) in [5.41, 5.74) is -0.806. The first kappa shape index (κ1) is 23.7. The number of hydrogen-bond acceptors (Lipinski definition) is 4. The number of anilines is 2. The number of halogens is 3. The van der Waals surface area contributed by atoms with Crippen LogP contribution in [0.15, 0.2) is 88.7 Å². The second-order valence-corrected chi connectivity index (χ2v) is 9.33. The first-order valence-electron chi connectivity index (χ1n) is 9.31. The largest absolute Gasteiger partial charge is 0.416 e. The summed E-state index contributed by atoms with van der Waals surface area (Å²) in [6.07, 6.45) is -2.85. The lowest BCUT2D eigenvalue weighted by atomic mass is 10.2. The Bertz CT molecular complexity index is 1200. The zero-order valence-corrected chi connectivity index (χ0v) is 18.5. The van der Waals surface area contributed by atoms with E-state index in [1.807, 2.05) is 6.26 Å². The van der Waals surface area contributed by atoms with Gasteiger partial charge in [-0.2, -0.15) is 13.2 Å². The fourth-order valence-electron chi connectivity index (χ4n) is 2.94. The van der Waals surface area contributed by atoms with Crippen molar-refractivity contribution in [3.05, 3.63) is 84.4 Å². The number of para-hydroxylation sites is 1. The molecule has 32 heavy (non-hydrogen) atoms. The SMILES string of the molecule is CSc1ccccc1NC(=O)CN(c1cccc(C(F)(F)F)c1)S(=O)(=O)c1ccccc1. The van der Waals surface area contributed by atoms with E-state index >= 15 is 0 Å². The first-order chi connectivity index (χ1) is 15.1. The van der Waals surface area contributed by atoms with Crippen molar-refractivity contribution in [3.8, 4) is 0 Å². The molecule has 0 bridgehead atoms. The minimum absolute atomic E-state index is 0.144. The third-order valence-electron chi connectivity index (χ3n) is 4.46. The monoisotopic (exact) mass is 480 g/mol. The predicted octanol–water partition coefficient (Wildman–Crippen LogP) is 5.26. The molecular weight excluding hydrogens is 461 g/mol. The third-order valence-corrected chi connectivity index (χ3v) is 7.04. The number of nitrogens with one attached hydrogen (secondary N) is 1. The highest BCUT2D eigenvalue weighted by atomic mass is 32.2. The number of carbonyl (C=O) groups is 1. The molecule has 0 saturated carbocycles. The van der Waals surface area contributed by atoms with Crippen LogP contribution in [-0.4, -0.2) is 27.1 Å². The Morgan fingerprint density at radius 2 is 1.62 bits per heavy atom. The van der Waals surface area contributed by atoms with Crippen LogP contribution in [0.5, 0.6) is 0 Å². The quantitative estimate of drug-likeness (QED) is 0.469. The summed E-state index contributed by atoms with van der Waals surface area (Å²) in [5, 5.41) is 2.64. The van der Waals surface area contributed by atoms with Crippen LogP contribution in [0, 0.1) is 0 Å². The number of thioether (sulfide) groups is 1. The molecule has 3 rings (SSSR count). The van der Waals surface area contributed by atoms with Crippen molar-refractivity contribution in [2.24, 2.45) is 0 Å². The minimum atomic E-state index is -4.67. The molecule has 1 N–H and O–H groups in total. The van der Waals surface area contributed by atoms with Crippen molar-refractivity contribution >= 4 is 39.1 Å². The molecule has 0 heterocycles. The highest BCUT2D eigenvalue weighted by molar-refractivity contribution is 7.98. The minimum Gasteiger partial charge on any atom is -0.323 e. The number of sulfonamides is 1. The second kappa shape index (κ2) is 9.66. The Labute approximate surface area is 188 Å². The highest BCUT2D eigenvalue weighted by Gasteiger charge is 2.33. The summed E-state index contributed by atoms with van der Waals surface area (Å²) in [5.74, 6) is -0.691. The lowest BCUT2D eigenvalue weighted by Crippen LogP contribution is -2.38. The maximum atomic E-state index is 13.3. The molecule has 0 aliphatic carbocycles. The van der Waals surface area contributed by atoms with E-state index in [1.165, 1.54) is 42.1 Å². The Morgan fingerprint density at radius 1 is 0.969 bits per heavy atom. The van der Waals surface area contributed by atoms with Crippen LogP contribution in [0.2, 0.25) is 0 Å². The molecule has 0 aliphatic heterocycles. The molecule has 0 aromatic heterocycles. The first-order valence-corrected chi connectivity index (χ1v) is 12.0. The van der Waals surface area contributed by atoms with Gasteiger partial charge >= 0.3 is 6.18 Å². The molecule has 1 amide bonds. The maximum absolute atomic E-state index is 13.3. The van der Waals surface area contributed by atoms with E-state index in [9.17, 15) is 26.4 Å². The molecule has 10 heteroatoms. The lowest BCUT2D eigenvalue weighted by Gasteiger charge is -2.25. The number of rotatable bonds is 7. The molecule has 3 aromatic rings. The Balaban J connectivity index is 2.01. The van der Waals surface area contributed by atoms with Crippen LogP contribution in [0.4, 0.5) is 24.5 Å². The zero-order chi connectivity index (χ0) is 23.4. The van der Waals surface area contributed by atoms with Crippen LogP contribution in [0.3, 0.4) is 0 Å². The summed E-state index contributed by atoms with van der Waals surface area (Å²) < 4.78 is 66.9. The van der Waals surface area contributed by atoms with Crippen molar-refractivity contribution < 1.29 is 26.4 Å². The standard InChI is InChI=1S/C22H19F3N2O3S2/c1-31-20-13-6-5-12-19(20)26-21(28)15-27(32(29,30)18-10-3-2-4-11-18)17-9-7-8-16(14-17)22(23,24)25/h2-14H,15H2,1H3,(H,26,28). The number of alkyl halides is 3. The number of nitrogens with zero attached hydrogens (tertiary/aromatic N) is 1. The molecule has 0 atom stereocenters.